The molecular formula is C24H17ClFN3O5. The van der Waals surface area contributed by atoms with Gasteiger partial charge in [-0.25, -0.2) is 4.39 Å². The maximum absolute atomic E-state index is 13.8. The van der Waals surface area contributed by atoms with Gasteiger partial charge in [-0.1, -0.05) is 35.9 Å². The van der Waals surface area contributed by atoms with Crippen LogP contribution in [0, 0.1) is 27.3 Å². The summed E-state index contributed by atoms with van der Waals surface area (Å²) in [6.07, 6.45) is 1.31. The van der Waals surface area contributed by atoms with Gasteiger partial charge in [-0.15, -0.1) is 0 Å². The Labute approximate surface area is 198 Å². The molecule has 3 aromatic carbocycles. The van der Waals surface area contributed by atoms with E-state index in [4.69, 9.17) is 21.1 Å². The average molecular weight is 482 g/mol. The van der Waals surface area contributed by atoms with Gasteiger partial charge in [-0.2, -0.15) is 5.26 Å². The van der Waals surface area contributed by atoms with E-state index in [1.165, 1.54) is 31.4 Å². The zero-order chi connectivity index (χ0) is 24.7. The standard InChI is InChI=1S/C24H17ClFN3O5/c1-33-23-11-15(6-9-22(23)34-14-16-4-2-3-5-20(16)26)10-17(13-27)24(30)28-21-12-18(29(31)32)7-8-19(21)25/h2-12H,14H2,1H3,(H,28,30)/b17-10+. The lowest BCUT2D eigenvalue weighted by Crippen LogP contribution is -2.14. The molecule has 3 aromatic rings. The number of nitriles is 1. The van der Waals surface area contributed by atoms with Gasteiger partial charge in [0.05, 0.1) is 22.7 Å². The largest absolute Gasteiger partial charge is 0.493 e. The third kappa shape index (κ3) is 5.88. The van der Waals surface area contributed by atoms with Crippen LogP contribution in [0.4, 0.5) is 15.8 Å². The van der Waals surface area contributed by atoms with E-state index >= 15 is 0 Å². The van der Waals surface area contributed by atoms with Gasteiger partial charge in [0.15, 0.2) is 11.5 Å². The van der Waals surface area contributed by atoms with Crippen molar-refractivity contribution in [2.24, 2.45) is 0 Å². The third-order valence-electron chi connectivity index (χ3n) is 4.61. The van der Waals surface area contributed by atoms with Crippen LogP contribution in [0.3, 0.4) is 0 Å². The van der Waals surface area contributed by atoms with Gasteiger partial charge in [0.2, 0.25) is 0 Å². The molecule has 172 valence electrons. The maximum Gasteiger partial charge on any atom is 0.271 e. The topological polar surface area (TPSA) is 114 Å². The van der Waals surface area contributed by atoms with Crippen molar-refractivity contribution in [1.29, 1.82) is 5.26 Å². The normalized spacial score (nSPS) is 10.8. The van der Waals surface area contributed by atoms with Crippen LogP contribution >= 0.6 is 11.6 Å². The summed E-state index contributed by atoms with van der Waals surface area (Å²) in [5.41, 5.74) is 0.280. The molecule has 0 saturated carbocycles. The van der Waals surface area contributed by atoms with Crippen LogP contribution in [0.1, 0.15) is 11.1 Å². The molecule has 34 heavy (non-hydrogen) atoms. The molecule has 0 saturated heterocycles. The second kappa shape index (κ2) is 10.9. The first-order valence-corrected chi connectivity index (χ1v) is 10.1. The summed E-state index contributed by atoms with van der Waals surface area (Å²) >= 11 is 6.00. The third-order valence-corrected chi connectivity index (χ3v) is 4.94. The summed E-state index contributed by atoms with van der Waals surface area (Å²) in [4.78, 5) is 22.9. The number of carbonyl (C=O) groups excluding carboxylic acids is 1. The number of ether oxygens (including phenoxy) is 2. The van der Waals surface area contributed by atoms with E-state index in [9.17, 15) is 24.6 Å². The molecular weight excluding hydrogens is 465 g/mol. The highest BCUT2D eigenvalue weighted by atomic mass is 35.5. The maximum atomic E-state index is 13.8. The lowest BCUT2D eigenvalue weighted by molar-refractivity contribution is -0.384. The Bertz CT molecular complexity index is 1320. The lowest BCUT2D eigenvalue weighted by Gasteiger charge is -2.12. The number of benzene rings is 3. The molecule has 0 spiro atoms. The summed E-state index contributed by atoms with van der Waals surface area (Å²) in [6.45, 7) is -0.0198. The van der Waals surface area contributed by atoms with Crippen LogP contribution in [0.5, 0.6) is 11.5 Å². The molecule has 0 heterocycles. The molecule has 0 radical (unpaired) electrons. The average Bonchev–Trinajstić information content (AvgIpc) is 2.83. The molecule has 1 N–H and O–H groups in total. The van der Waals surface area contributed by atoms with Crippen LogP contribution in [-0.2, 0) is 11.4 Å². The summed E-state index contributed by atoms with van der Waals surface area (Å²) in [7, 11) is 1.42. The van der Waals surface area contributed by atoms with Crippen molar-refractivity contribution in [2.45, 2.75) is 6.61 Å². The molecule has 0 aromatic heterocycles. The number of rotatable bonds is 8. The van der Waals surface area contributed by atoms with E-state index < -0.39 is 16.6 Å². The fraction of sp³-hybridized carbons (Fsp3) is 0.0833. The Kier molecular flexibility index (Phi) is 7.79. The van der Waals surface area contributed by atoms with Crippen LogP contribution < -0.4 is 14.8 Å². The Hall–Kier alpha value is -4.42. The molecule has 0 bridgehead atoms. The number of anilines is 1. The second-order valence-corrected chi connectivity index (χ2v) is 7.24. The summed E-state index contributed by atoms with van der Waals surface area (Å²) in [5, 5.41) is 22.9. The van der Waals surface area contributed by atoms with E-state index in [0.29, 0.717) is 22.6 Å². The van der Waals surface area contributed by atoms with Gasteiger partial charge >= 0.3 is 0 Å². The van der Waals surface area contributed by atoms with E-state index in [1.807, 2.05) is 0 Å². The number of nitro benzene ring substituents is 1. The van der Waals surface area contributed by atoms with Gasteiger partial charge in [0, 0.05) is 17.7 Å². The second-order valence-electron chi connectivity index (χ2n) is 6.84. The lowest BCUT2D eigenvalue weighted by atomic mass is 10.1. The molecule has 0 atom stereocenters. The number of nitro groups is 1. The van der Waals surface area contributed by atoms with Crippen LogP contribution in [0.2, 0.25) is 5.02 Å². The van der Waals surface area contributed by atoms with Crippen LogP contribution in [0.15, 0.2) is 66.2 Å². The predicted octanol–water partition coefficient (Wildman–Crippen LogP) is 5.52. The van der Waals surface area contributed by atoms with Crippen molar-refractivity contribution in [3.8, 4) is 17.6 Å². The Balaban J connectivity index is 1.79. The van der Waals surface area contributed by atoms with Gasteiger partial charge in [-0.3, -0.25) is 14.9 Å². The van der Waals surface area contributed by atoms with Crippen molar-refractivity contribution in [3.63, 3.8) is 0 Å². The van der Waals surface area contributed by atoms with E-state index in [1.54, 1.807) is 42.5 Å². The first-order chi connectivity index (χ1) is 16.3. The molecule has 10 heteroatoms. The van der Waals surface area contributed by atoms with E-state index in [-0.39, 0.29) is 28.6 Å². The van der Waals surface area contributed by atoms with Gasteiger partial charge < -0.3 is 14.8 Å². The Morgan fingerprint density at radius 2 is 1.97 bits per heavy atom. The van der Waals surface area contributed by atoms with Gasteiger partial charge in [-0.05, 0) is 35.9 Å². The number of hydrogen-bond acceptors (Lipinski definition) is 6. The molecule has 0 unspecified atom stereocenters. The van der Waals surface area contributed by atoms with Crippen molar-refractivity contribution in [3.05, 3.63) is 98.3 Å². The number of methoxy groups -OCH3 is 1. The zero-order valence-electron chi connectivity index (χ0n) is 17.7. The molecule has 1 amide bonds. The van der Waals surface area contributed by atoms with Crippen LogP contribution in [0.25, 0.3) is 6.08 Å². The molecule has 0 aliphatic heterocycles. The Morgan fingerprint density at radius 1 is 1.21 bits per heavy atom. The number of amides is 1. The number of nitrogens with one attached hydrogen (secondary N) is 1. The van der Waals surface area contributed by atoms with Crippen molar-refractivity contribution in [1.82, 2.24) is 0 Å². The highest BCUT2D eigenvalue weighted by Gasteiger charge is 2.16. The van der Waals surface area contributed by atoms with E-state index in [0.717, 1.165) is 6.07 Å². The number of non-ortho nitro benzene ring substituents is 1. The fourth-order valence-electron chi connectivity index (χ4n) is 2.89. The highest BCUT2D eigenvalue weighted by Crippen LogP contribution is 2.31. The molecule has 0 fully saturated rings. The quantitative estimate of drug-likeness (QED) is 0.196. The number of hydrogen-bond donors (Lipinski definition) is 1. The summed E-state index contributed by atoms with van der Waals surface area (Å²) < 4.78 is 24.8. The number of carbonyl (C=O) groups is 1. The first-order valence-electron chi connectivity index (χ1n) is 9.73. The fourth-order valence-corrected chi connectivity index (χ4v) is 3.06. The van der Waals surface area contributed by atoms with Crippen molar-refractivity contribution >= 4 is 35.0 Å². The molecule has 3 rings (SSSR count). The van der Waals surface area contributed by atoms with Crippen LogP contribution in [-0.4, -0.2) is 17.9 Å². The number of halogens is 2. The Morgan fingerprint density at radius 3 is 2.65 bits per heavy atom. The van der Waals surface area contributed by atoms with E-state index in [2.05, 4.69) is 5.32 Å². The number of nitrogens with zero attached hydrogens (tertiary/aromatic N) is 2. The minimum absolute atomic E-state index is 0.00325. The smallest absolute Gasteiger partial charge is 0.271 e. The zero-order valence-corrected chi connectivity index (χ0v) is 18.5. The van der Waals surface area contributed by atoms with Gasteiger partial charge in [0.25, 0.3) is 11.6 Å². The summed E-state index contributed by atoms with van der Waals surface area (Å²) in [6, 6.07) is 16.3. The molecule has 0 aliphatic carbocycles. The monoisotopic (exact) mass is 481 g/mol. The van der Waals surface area contributed by atoms with Crippen molar-refractivity contribution < 1.29 is 23.6 Å². The highest BCUT2D eigenvalue weighted by molar-refractivity contribution is 6.34. The SMILES string of the molecule is COc1cc(/C=C(\C#N)C(=O)Nc2cc([N+](=O)[O-])ccc2Cl)ccc1OCc1ccccc1F. The molecule has 0 aliphatic rings. The first kappa shape index (κ1) is 24.2. The predicted molar refractivity (Wildman–Crippen MR) is 124 cm³/mol. The minimum Gasteiger partial charge on any atom is -0.493 e. The summed E-state index contributed by atoms with van der Waals surface area (Å²) in [5.74, 6) is -0.544. The molecule has 8 nitrogen and oxygen atoms in total. The van der Waals surface area contributed by atoms with Crippen molar-refractivity contribution in [2.75, 3.05) is 12.4 Å². The minimum atomic E-state index is -0.802. The van der Waals surface area contributed by atoms with Gasteiger partial charge in [0.1, 0.15) is 24.1 Å².